The van der Waals surface area contributed by atoms with Gasteiger partial charge in [0, 0.05) is 6.04 Å². The third-order valence-corrected chi connectivity index (χ3v) is 3.82. The van der Waals surface area contributed by atoms with Gasteiger partial charge in [0.2, 0.25) is 0 Å². The first-order chi connectivity index (χ1) is 5.79. The second kappa shape index (κ2) is 1.99. The van der Waals surface area contributed by atoms with E-state index in [1.807, 2.05) is 0 Å². The maximum atomic E-state index is 11.5. The fourth-order valence-electron chi connectivity index (χ4n) is 3.27. The lowest BCUT2D eigenvalue weighted by molar-refractivity contribution is -0.120. The minimum absolute atomic E-state index is 0.235. The summed E-state index contributed by atoms with van der Waals surface area (Å²) in [6, 6.07) is 0.835. The molecule has 3 heterocycles. The first kappa shape index (κ1) is 6.84. The van der Waals surface area contributed by atoms with Crippen LogP contribution in [0.4, 0.5) is 0 Å². The third kappa shape index (κ3) is 0.589. The van der Waals surface area contributed by atoms with Gasteiger partial charge < -0.3 is 0 Å². The SMILES string of the molecule is CC1C2CCN3C2C=CC(=O)C13. The number of piperidine rings is 1. The van der Waals surface area contributed by atoms with Gasteiger partial charge in [0.15, 0.2) is 5.78 Å². The Hall–Kier alpha value is -0.630. The van der Waals surface area contributed by atoms with Crippen LogP contribution < -0.4 is 0 Å². The molecule has 64 valence electrons. The lowest BCUT2D eigenvalue weighted by atomic mass is 9.86. The highest BCUT2D eigenvalue weighted by molar-refractivity contribution is 5.96. The number of carbonyl (C=O) groups excluding carboxylic acids is 1. The summed E-state index contributed by atoms with van der Waals surface area (Å²) >= 11 is 0. The van der Waals surface area contributed by atoms with Crippen LogP contribution >= 0.6 is 0 Å². The average Bonchev–Trinajstić information content (AvgIpc) is 2.53. The summed E-state index contributed by atoms with van der Waals surface area (Å²) in [6.45, 7) is 3.37. The number of carbonyl (C=O) groups is 1. The molecule has 5 atom stereocenters. The Kier molecular flexibility index (Phi) is 1.14. The molecule has 0 radical (unpaired) electrons. The van der Waals surface area contributed by atoms with Crippen LogP contribution in [0.3, 0.4) is 0 Å². The molecule has 0 N–H and O–H groups in total. The Balaban J connectivity index is 2.09. The first-order valence-electron chi connectivity index (χ1n) is 4.77. The maximum Gasteiger partial charge on any atom is 0.172 e. The Morgan fingerprint density at radius 2 is 2.42 bits per heavy atom. The van der Waals surface area contributed by atoms with E-state index in [2.05, 4.69) is 17.9 Å². The number of hydrogen-bond acceptors (Lipinski definition) is 2. The lowest BCUT2D eigenvalue weighted by Gasteiger charge is -2.29. The van der Waals surface area contributed by atoms with Gasteiger partial charge in [-0.1, -0.05) is 13.0 Å². The van der Waals surface area contributed by atoms with E-state index in [0.29, 0.717) is 17.7 Å². The standard InChI is InChI=1S/C10H13NO/c1-6-7-4-5-11-8(7)2-3-9(12)10(6)11/h2-3,6-8,10H,4-5H2,1H3. The number of ketones is 1. The number of rotatable bonds is 0. The summed E-state index contributed by atoms with van der Waals surface area (Å²) < 4.78 is 0. The van der Waals surface area contributed by atoms with Gasteiger partial charge in [-0.25, -0.2) is 0 Å². The summed E-state index contributed by atoms with van der Waals surface area (Å²) in [6.07, 6.45) is 5.20. The highest BCUT2D eigenvalue weighted by Crippen LogP contribution is 2.46. The van der Waals surface area contributed by atoms with Crippen molar-refractivity contribution < 1.29 is 4.79 Å². The van der Waals surface area contributed by atoms with Gasteiger partial charge in [0.25, 0.3) is 0 Å². The minimum atomic E-state index is 0.235. The molecular formula is C10H13NO. The highest BCUT2D eigenvalue weighted by Gasteiger charge is 2.53. The van der Waals surface area contributed by atoms with E-state index < -0.39 is 0 Å². The third-order valence-electron chi connectivity index (χ3n) is 3.82. The minimum Gasteiger partial charge on any atom is -0.293 e. The van der Waals surface area contributed by atoms with Gasteiger partial charge in [-0.15, -0.1) is 0 Å². The van der Waals surface area contributed by atoms with E-state index in [-0.39, 0.29) is 6.04 Å². The maximum absolute atomic E-state index is 11.5. The van der Waals surface area contributed by atoms with Crippen molar-refractivity contribution in [3.05, 3.63) is 12.2 Å². The van der Waals surface area contributed by atoms with Crippen LogP contribution in [0, 0.1) is 11.8 Å². The summed E-state index contributed by atoms with van der Waals surface area (Å²) in [5.41, 5.74) is 0. The molecule has 0 aliphatic carbocycles. The molecule has 4 bridgehead atoms. The zero-order chi connectivity index (χ0) is 8.29. The molecule has 0 aromatic carbocycles. The molecule has 12 heavy (non-hydrogen) atoms. The number of hydrogen-bond donors (Lipinski definition) is 0. The molecular weight excluding hydrogens is 150 g/mol. The molecule has 0 spiro atoms. The predicted octanol–water partition coefficient (Wildman–Crippen LogP) is 0.834. The van der Waals surface area contributed by atoms with Gasteiger partial charge in [0.05, 0.1) is 6.04 Å². The molecule has 0 aromatic heterocycles. The molecule has 2 nitrogen and oxygen atoms in total. The fraction of sp³-hybridized carbons (Fsp3) is 0.700. The monoisotopic (exact) mass is 163 g/mol. The first-order valence-corrected chi connectivity index (χ1v) is 4.77. The zero-order valence-electron chi connectivity index (χ0n) is 7.23. The van der Waals surface area contributed by atoms with Crippen molar-refractivity contribution in [2.24, 2.45) is 11.8 Å². The van der Waals surface area contributed by atoms with E-state index in [9.17, 15) is 4.79 Å². The molecule has 2 saturated heterocycles. The van der Waals surface area contributed by atoms with Crippen molar-refractivity contribution >= 4 is 5.78 Å². The summed E-state index contributed by atoms with van der Waals surface area (Å²) in [5.74, 6) is 1.69. The van der Waals surface area contributed by atoms with E-state index in [1.165, 1.54) is 6.42 Å². The molecule has 3 rings (SSSR count). The van der Waals surface area contributed by atoms with Crippen LogP contribution in [-0.2, 0) is 4.79 Å². The second-order valence-electron chi connectivity index (χ2n) is 4.25. The molecule has 3 aliphatic heterocycles. The smallest absolute Gasteiger partial charge is 0.172 e. The Morgan fingerprint density at radius 1 is 1.58 bits per heavy atom. The molecule has 5 unspecified atom stereocenters. The van der Waals surface area contributed by atoms with Gasteiger partial charge >= 0.3 is 0 Å². The van der Waals surface area contributed by atoms with Crippen LogP contribution in [0.1, 0.15) is 13.3 Å². The molecule has 0 aromatic rings. The van der Waals surface area contributed by atoms with Gasteiger partial charge in [-0.05, 0) is 30.9 Å². The van der Waals surface area contributed by atoms with Crippen LogP contribution in [0.15, 0.2) is 12.2 Å². The van der Waals surface area contributed by atoms with Gasteiger partial charge in [0.1, 0.15) is 0 Å². The predicted molar refractivity (Wildman–Crippen MR) is 45.7 cm³/mol. The van der Waals surface area contributed by atoms with Crippen molar-refractivity contribution in [3.63, 3.8) is 0 Å². The van der Waals surface area contributed by atoms with Crippen molar-refractivity contribution in [3.8, 4) is 0 Å². The summed E-state index contributed by atoms with van der Waals surface area (Å²) in [4.78, 5) is 13.9. The van der Waals surface area contributed by atoms with E-state index in [4.69, 9.17) is 0 Å². The molecule has 2 fully saturated rings. The van der Waals surface area contributed by atoms with Crippen LogP contribution in [0.25, 0.3) is 0 Å². The Bertz CT molecular complexity index is 271. The topological polar surface area (TPSA) is 20.3 Å². The quantitative estimate of drug-likeness (QED) is 0.527. The Labute approximate surface area is 72.2 Å². The van der Waals surface area contributed by atoms with Crippen molar-refractivity contribution in [1.29, 1.82) is 0 Å². The number of nitrogens with zero attached hydrogens (tertiary/aromatic N) is 1. The van der Waals surface area contributed by atoms with Crippen LogP contribution in [-0.4, -0.2) is 29.3 Å². The summed E-state index contributed by atoms with van der Waals surface area (Å²) in [5, 5.41) is 0. The van der Waals surface area contributed by atoms with Gasteiger partial charge in [-0.3, -0.25) is 9.69 Å². The molecule has 0 saturated carbocycles. The van der Waals surface area contributed by atoms with Crippen LogP contribution in [0.5, 0.6) is 0 Å². The average molecular weight is 163 g/mol. The van der Waals surface area contributed by atoms with Crippen molar-refractivity contribution in [1.82, 2.24) is 4.90 Å². The summed E-state index contributed by atoms with van der Waals surface area (Å²) in [7, 11) is 0. The molecule has 0 amide bonds. The fourth-order valence-corrected chi connectivity index (χ4v) is 3.27. The van der Waals surface area contributed by atoms with E-state index in [1.54, 1.807) is 6.08 Å². The van der Waals surface area contributed by atoms with Crippen molar-refractivity contribution in [2.45, 2.75) is 25.4 Å². The van der Waals surface area contributed by atoms with E-state index in [0.717, 1.165) is 12.5 Å². The van der Waals surface area contributed by atoms with E-state index >= 15 is 0 Å². The second-order valence-corrected chi connectivity index (χ2v) is 4.25. The van der Waals surface area contributed by atoms with Crippen LogP contribution in [0.2, 0.25) is 0 Å². The lowest BCUT2D eigenvalue weighted by Crippen LogP contribution is -2.43. The normalized spacial score (nSPS) is 55.1. The Morgan fingerprint density at radius 3 is 3.17 bits per heavy atom. The van der Waals surface area contributed by atoms with Gasteiger partial charge in [-0.2, -0.15) is 0 Å². The highest BCUT2D eigenvalue weighted by atomic mass is 16.1. The largest absolute Gasteiger partial charge is 0.293 e. The molecule has 2 heteroatoms. The van der Waals surface area contributed by atoms with Crippen molar-refractivity contribution in [2.75, 3.05) is 6.54 Å². The molecule has 3 aliphatic rings. The zero-order valence-corrected chi connectivity index (χ0v) is 7.23.